The molecule has 0 aliphatic heterocycles. The van der Waals surface area contributed by atoms with Crippen molar-refractivity contribution in [3.63, 3.8) is 0 Å². The van der Waals surface area contributed by atoms with Gasteiger partial charge >= 0.3 is 6.18 Å². The molecule has 0 saturated carbocycles. The van der Waals surface area contributed by atoms with Crippen molar-refractivity contribution in [1.82, 2.24) is 30.4 Å². The number of hydrogen-bond donors (Lipinski definition) is 2. The monoisotopic (exact) mass is 517 g/mol. The number of hydrogen-bond acceptors (Lipinski definition) is 5. The highest BCUT2D eigenvalue weighted by atomic mass is 127. The number of nitrogens with zero attached hydrogens (tertiary/aromatic N) is 5. The van der Waals surface area contributed by atoms with Crippen LogP contribution in [0.15, 0.2) is 16.7 Å². The van der Waals surface area contributed by atoms with E-state index < -0.39 is 11.9 Å². The van der Waals surface area contributed by atoms with Crippen molar-refractivity contribution in [2.75, 3.05) is 19.6 Å². The highest BCUT2D eigenvalue weighted by Gasteiger charge is 2.33. The maximum atomic E-state index is 12.5. The number of aryl methyl sites for hydroxylation is 1. The molecular weight excluding hydrogens is 494 g/mol. The van der Waals surface area contributed by atoms with Crippen LogP contribution >= 0.6 is 35.3 Å². The third-order valence-electron chi connectivity index (χ3n) is 3.44. The molecule has 0 spiro atoms. The Hall–Kier alpha value is -1.44. The lowest BCUT2D eigenvalue weighted by atomic mass is 10.4. The van der Waals surface area contributed by atoms with Gasteiger partial charge in [0.15, 0.2) is 11.7 Å². The van der Waals surface area contributed by atoms with Crippen molar-refractivity contribution in [2.24, 2.45) is 4.99 Å². The summed E-state index contributed by atoms with van der Waals surface area (Å²) < 4.78 is 39.6. The van der Waals surface area contributed by atoms with Crippen LogP contribution in [0.5, 0.6) is 0 Å². The molecule has 152 valence electrons. The van der Waals surface area contributed by atoms with Gasteiger partial charge in [-0.2, -0.15) is 13.2 Å². The third kappa shape index (κ3) is 7.60. The number of guanidine groups is 1. The molecular formula is C15H23F3IN7S. The zero-order valence-electron chi connectivity index (χ0n) is 15.1. The highest BCUT2D eigenvalue weighted by Crippen LogP contribution is 2.30. The Kier molecular flexibility index (Phi) is 9.98. The van der Waals surface area contributed by atoms with E-state index in [1.54, 1.807) is 6.33 Å². The Morgan fingerprint density at radius 1 is 1.30 bits per heavy atom. The number of alkyl halides is 3. The second-order valence-corrected chi connectivity index (χ2v) is 6.30. The standard InChI is InChI=1S/C15H22F3N7S.HI/c1-3-12-24-22-10-25(12)8-7-21-14(19-4-2)20-6-5-13-23-11(9-26-13)15(16,17)18;/h9-10H,3-8H2,1-2H3,(H2,19,20,21);1H. The van der Waals surface area contributed by atoms with Crippen LogP contribution in [0.25, 0.3) is 0 Å². The quantitative estimate of drug-likeness (QED) is 0.320. The van der Waals surface area contributed by atoms with E-state index in [1.165, 1.54) is 0 Å². The molecule has 12 heteroatoms. The smallest absolute Gasteiger partial charge is 0.357 e. The van der Waals surface area contributed by atoms with Gasteiger partial charge in [-0.25, -0.2) is 4.98 Å². The second-order valence-electron chi connectivity index (χ2n) is 5.36. The van der Waals surface area contributed by atoms with E-state index in [0.29, 0.717) is 43.6 Å². The van der Waals surface area contributed by atoms with E-state index >= 15 is 0 Å². The average Bonchev–Trinajstić information content (AvgIpc) is 3.23. The molecule has 0 aromatic carbocycles. The van der Waals surface area contributed by atoms with Gasteiger partial charge in [-0.15, -0.1) is 45.5 Å². The maximum absolute atomic E-state index is 12.5. The SMILES string of the molecule is CCNC(=NCCc1nc(C(F)(F)F)cs1)NCCn1cnnc1CC.I. The van der Waals surface area contributed by atoms with Crippen LogP contribution in [0.3, 0.4) is 0 Å². The zero-order valence-corrected chi connectivity index (χ0v) is 18.2. The molecule has 27 heavy (non-hydrogen) atoms. The number of halogens is 4. The first-order valence-electron chi connectivity index (χ1n) is 8.34. The van der Waals surface area contributed by atoms with E-state index in [4.69, 9.17) is 0 Å². The Bertz CT molecular complexity index is 714. The van der Waals surface area contributed by atoms with E-state index in [2.05, 4.69) is 30.8 Å². The van der Waals surface area contributed by atoms with Crippen LogP contribution < -0.4 is 10.6 Å². The molecule has 0 saturated heterocycles. The van der Waals surface area contributed by atoms with Crippen LogP contribution in [-0.2, 0) is 25.6 Å². The van der Waals surface area contributed by atoms with Gasteiger partial charge in [-0.05, 0) is 6.92 Å². The molecule has 0 radical (unpaired) electrons. The summed E-state index contributed by atoms with van der Waals surface area (Å²) >= 11 is 1.00. The van der Waals surface area contributed by atoms with Gasteiger partial charge in [0.2, 0.25) is 0 Å². The normalized spacial score (nSPS) is 12.0. The van der Waals surface area contributed by atoms with Gasteiger partial charge in [0.25, 0.3) is 0 Å². The fraction of sp³-hybridized carbons (Fsp3) is 0.600. The van der Waals surface area contributed by atoms with Gasteiger partial charge in [-0.3, -0.25) is 4.99 Å². The fourth-order valence-electron chi connectivity index (χ4n) is 2.20. The summed E-state index contributed by atoms with van der Waals surface area (Å²) in [6.07, 6.45) is -1.54. The average molecular weight is 517 g/mol. The number of rotatable bonds is 8. The first-order valence-corrected chi connectivity index (χ1v) is 9.22. The summed E-state index contributed by atoms with van der Waals surface area (Å²) in [6, 6.07) is 0. The van der Waals surface area contributed by atoms with Crippen molar-refractivity contribution >= 4 is 41.3 Å². The summed E-state index contributed by atoms with van der Waals surface area (Å²) in [4.78, 5) is 7.99. The molecule has 0 aliphatic rings. The maximum Gasteiger partial charge on any atom is 0.434 e. The summed E-state index contributed by atoms with van der Waals surface area (Å²) in [5.74, 6) is 1.53. The predicted octanol–water partition coefficient (Wildman–Crippen LogP) is 2.73. The zero-order chi connectivity index (χ0) is 19.0. The summed E-state index contributed by atoms with van der Waals surface area (Å²) in [5, 5.41) is 15.7. The van der Waals surface area contributed by atoms with Gasteiger partial charge in [0, 0.05) is 44.4 Å². The topological polar surface area (TPSA) is 80.0 Å². The number of aliphatic imine (C=N–C) groups is 1. The number of aromatic nitrogens is 4. The molecule has 0 fully saturated rings. The Morgan fingerprint density at radius 2 is 2.07 bits per heavy atom. The van der Waals surface area contributed by atoms with Crippen molar-refractivity contribution in [3.05, 3.63) is 28.2 Å². The molecule has 2 aromatic rings. The molecule has 0 bridgehead atoms. The van der Waals surface area contributed by atoms with E-state index in [1.807, 2.05) is 18.4 Å². The Labute approximate surface area is 176 Å². The number of nitrogens with one attached hydrogen (secondary N) is 2. The highest BCUT2D eigenvalue weighted by molar-refractivity contribution is 14.0. The first-order chi connectivity index (χ1) is 12.4. The fourth-order valence-corrected chi connectivity index (χ4v) is 2.99. The molecule has 2 aromatic heterocycles. The summed E-state index contributed by atoms with van der Waals surface area (Å²) in [7, 11) is 0. The van der Waals surface area contributed by atoms with E-state index in [-0.39, 0.29) is 24.0 Å². The number of thiazole rings is 1. The molecule has 0 atom stereocenters. The molecule has 2 N–H and O–H groups in total. The molecule has 7 nitrogen and oxygen atoms in total. The van der Waals surface area contributed by atoms with Gasteiger partial charge < -0.3 is 15.2 Å². The van der Waals surface area contributed by atoms with Gasteiger partial charge in [0.05, 0.1) is 5.01 Å². The Morgan fingerprint density at radius 3 is 2.70 bits per heavy atom. The minimum Gasteiger partial charge on any atom is -0.357 e. The lowest BCUT2D eigenvalue weighted by Gasteiger charge is -2.12. The van der Waals surface area contributed by atoms with Crippen molar-refractivity contribution in [2.45, 2.75) is 39.4 Å². The van der Waals surface area contributed by atoms with Crippen LogP contribution in [-0.4, -0.2) is 45.3 Å². The second kappa shape index (κ2) is 11.4. The summed E-state index contributed by atoms with van der Waals surface area (Å²) in [6.45, 7) is 6.33. The largest absolute Gasteiger partial charge is 0.434 e. The van der Waals surface area contributed by atoms with Crippen LogP contribution in [0, 0.1) is 0 Å². The minimum absolute atomic E-state index is 0. The Balaban J connectivity index is 0.00000364. The minimum atomic E-state index is -4.39. The first kappa shape index (κ1) is 23.6. The van der Waals surface area contributed by atoms with Crippen LogP contribution in [0.2, 0.25) is 0 Å². The van der Waals surface area contributed by atoms with Crippen LogP contribution in [0.1, 0.15) is 30.4 Å². The lowest BCUT2D eigenvalue weighted by molar-refractivity contribution is -0.140. The summed E-state index contributed by atoms with van der Waals surface area (Å²) in [5.41, 5.74) is -0.841. The predicted molar refractivity (Wildman–Crippen MR) is 110 cm³/mol. The molecule has 0 amide bonds. The van der Waals surface area contributed by atoms with Gasteiger partial charge in [0.1, 0.15) is 12.2 Å². The third-order valence-corrected chi connectivity index (χ3v) is 4.35. The van der Waals surface area contributed by atoms with Crippen molar-refractivity contribution < 1.29 is 13.2 Å². The van der Waals surface area contributed by atoms with Crippen LogP contribution in [0.4, 0.5) is 13.2 Å². The van der Waals surface area contributed by atoms with E-state index in [9.17, 15) is 13.2 Å². The lowest BCUT2D eigenvalue weighted by Crippen LogP contribution is -2.39. The van der Waals surface area contributed by atoms with Gasteiger partial charge in [-0.1, -0.05) is 6.92 Å². The molecule has 0 unspecified atom stereocenters. The molecule has 2 heterocycles. The van der Waals surface area contributed by atoms with Crippen molar-refractivity contribution in [3.8, 4) is 0 Å². The molecule has 0 aliphatic carbocycles. The van der Waals surface area contributed by atoms with E-state index in [0.717, 1.165) is 29.0 Å². The van der Waals surface area contributed by atoms with Crippen molar-refractivity contribution in [1.29, 1.82) is 0 Å². The molecule has 2 rings (SSSR count).